The van der Waals surface area contributed by atoms with E-state index in [9.17, 15) is 9.59 Å². The number of amides is 3. The zero-order valence-corrected chi connectivity index (χ0v) is 16.7. The number of likely N-dealkylation sites (tertiary alicyclic amines) is 1. The zero-order chi connectivity index (χ0) is 18.5. The van der Waals surface area contributed by atoms with E-state index in [-0.39, 0.29) is 48.4 Å². The van der Waals surface area contributed by atoms with Crippen LogP contribution in [-0.4, -0.2) is 48.1 Å². The Morgan fingerprint density at radius 1 is 1.11 bits per heavy atom. The van der Waals surface area contributed by atoms with Crippen molar-refractivity contribution in [3.63, 3.8) is 0 Å². The fourth-order valence-electron chi connectivity index (χ4n) is 4.08. The van der Waals surface area contributed by atoms with Crippen molar-refractivity contribution < 1.29 is 9.59 Å². The topological polar surface area (TPSA) is 87.5 Å². The van der Waals surface area contributed by atoms with Crippen molar-refractivity contribution in [2.24, 2.45) is 5.73 Å². The average molecular weight is 395 g/mol. The third kappa shape index (κ3) is 5.67. The molecule has 0 spiro atoms. The van der Waals surface area contributed by atoms with Crippen LogP contribution in [0.2, 0.25) is 0 Å². The third-order valence-electron chi connectivity index (χ3n) is 5.73. The van der Waals surface area contributed by atoms with Gasteiger partial charge < -0.3 is 11.1 Å². The molecule has 3 atom stereocenters. The van der Waals surface area contributed by atoms with E-state index in [1.54, 1.807) is 0 Å². The molecule has 150 valence electrons. The first-order valence-corrected chi connectivity index (χ1v) is 9.70. The molecule has 0 aromatic heterocycles. The number of nitrogens with two attached hydrogens (primary N) is 1. The first-order valence-electron chi connectivity index (χ1n) is 9.70. The molecule has 7 heteroatoms. The maximum atomic E-state index is 12.5. The zero-order valence-electron chi connectivity index (χ0n) is 15.9. The molecule has 4 N–H and O–H groups in total. The molecule has 1 saturated carbocycles. The highest BCUT2D eigenvalue weighted by atomic mass is 35.5. The van der Waals surface area contributed by atoms with Crippen LogP contribution in [0.15, 0.2) is 30.3 Å². The van der Waals surface area contributed by atoms with Gasteiger partial charge in [-0.05, 0) is 25.3 Å². The summed E-state index contributed by atoms with van der Waals surface area (Å²) in [6, 6.07) is 9.59. The van der Waals surface area contributed by atoms with Gasteiger partial charge in [0.05, 0.1) is 6.04 Å². The van der Waals surface area contributed by atoms with E-state index in [4.69, 9.17) is 5.73 Å². The molecule has 6 nitrogen and oxygen atoms in total. The Kier molecular flexibility index (Phi) is 8.07. The van der Waals surface area contributed by atoms with Crippen LogP contribution in [0.25, 0.3) is 0 Å². The van der Waals surface area contributed by atoms with Crippen molar-refractivity contribution in [1.29, 1.82) is 0 Å². The molecular weight excluding hydrogens is 364 g/mol. The van der Waals surface area contributed by atoms with Crippen LogP contribution in [0.4, 0.5) is 4.79 Å². The predicted octanol–water partition coefficient (Wildman–Crippen LogP) is 2.38. The lowest BCUT2D eigenvalue weighted by Crippen LogP contribution is -2.51. The van der Waals surface area contributed by atoms with E-state index in [1.807, 2.05) is 25.1 Å². The summed E-state index contributed by atoms with van der Waals surface area (Å²) in [7, 11) is 0. The fourth-order valence-corrected chi connectivity index (χ4v) is 4.08. The Balaban J connectivity index is 0.00000261. The highest BCUT2D eigenvalue weighted by Gasteiger charge is 2.36. The lowest BCUT2D eigenvalue weighted by Gasteiger charge is -2.25. The van der Waals surface area contributed by atoms with Crippen LogP contribution in [-0.2, 0) is 4.79 Å². The van der Waals surface area contributed by atoms with Gasteiger partial charge in [-0.1, -0.05) is 49.6 Å². The lowest BCUT2D eigenvalue weighted by molar-refractivity contribution is -0.124. The first-order chi connectivity index (χ1) is 12.5. The number of benzene rings is 1. The van der Waals surface area contributed by atoms with Gasteiger partial charge in [-0.2, -0.15) is 0 Å². The molecule has 1 heterocycles. The van der Waals surface area contributed by atoms with E-state index in [0.29, 0.717) is 6.54 Å². The van der Waals surface area contributed by atoms with Gasteiger partial charge in [0.2, 0.25) is 5.91 Å². The maximum absolute atomic E-state index is 12.5. The van der Waals surface area contributed by atoms with Crippen LogP contribution in [0.5, 0.6) is 0 Å². The number of nitrogens with one attached hydrogen (secondary N) is 2. The van der Waals surface area contributed by atoms with Gasteiger partial charge in [0.25, 0.3) is 0 Å². The van der Waals surface area contributed by atoms with Crippen molar-refractivity contribution in [2.45, 2.75) is 63.1 Å². The molecule has 27 heavy (non-hydrogen) atoms. The van der Waals surface area contributed by atoms with E-state index in [1.165, 1.54) is 12.0 Å². The van der Waals surface area contributed by atoms with Crippen LogP contribution < -0.4 is 16.4 Å². The molecule has 1 aromatic carbocycles. The van der Waals surface area contributed by atoms with Crippen LogP contribution in [0, 0.1) is 0 Å². The smallest absolute Gasteiger partial charge is 0.321 e. The molecule has 1 saturated heterocycles. The van der Waals surface area contributed by atoms with E-state index in [2.05, 4.69) is 27.7 Å². The van der Waals surface area contributed by atoms with Crippen molar-refractivity contribution >= 4 is 24.3 Å². The van der Waals surface area contributed by atoms with Crippen molar-refractivity contribution in [1.82, 2.24) is 15.5 Å². The van der Waals surface area contributed by atoms with Gasteiger partial charge in [-0.25, -0.2) is 4.79 Å². The van der Waals surface area contributed by atoms with Crippen molar-refractivity contribution in [3.8, 4) is 0 Å². The molecule has 0 bridgehead atoms. The van der Waals surface area contributed by atoms with Gasteiger partial charge in [-0.3, -0.25) is 15.0 Å². The second kappa shape index (κ2) is 10.1. The molecule has 1 aromatic rings. The molecule has 3 amide bonds. The summed E-state index contributed by atoms with van der Waals surface area (Å²) in [6.07, 6.45) is 5.50. The van der Waals surface area contributed by atoms with Gasteiger partial charge in [0, 0.05) is 31.1 Å². The summed E-state index contributed by atoms with van der Waals surface area (Å²) in [5.41, 5.74) is 7.51. The summed E-state index contributed by atoms with van der Waals surface area (Å²) < 4.78 is 0. The molecule has 1 aliphatic carbocycles. The first kappa shape index (κ1) is 21.7. The Morgan fingerprint density at radius 3 is 2.44 bits per heavy atom. The number of urea groups is 1. The third-order valence-corrected chi connectivity index (χ3v) is 5.73. The van der Waals surface area contributed by atoms with Gasteiger partial charge in [-0.15, -0.1) is 12.4 Å². The summed E-state index contributed by atoms with van der Waals surface area (Å²) >= 11 is 0. The SMILES string of the molecule is CC(C(=O)NC(=O)NC1CCCCC1)N1C[C@@H](N)[C@H](c2ccccc2)C1.Cl. The maximum Gasteiger partial charge on any atom is 0.321 e. The minimum Gasteiger partial charge on any atom is -0.335 e. The molecule has 1 aliphatic heterocycles. The highest BCUT2D eigenvalue weighted by Crippen LogP contribution is 2.27. The van der Waals surface area contributed by atoms with Crippen LogP contribution in [0.3, 0.4) is 0 Å². The van der Waals surface area contributed by atoms with Crippen LogP contribution in [0.1, 0.15) is 50.5 Å². The monoisotopic (exact) mass is 394 g/mol. The molecule has 2 fully saturated rings. The highest BCUT2D eigenvalue weighted by molar-refractivity contribution is 5.96. The van der Waals surface area contributed by atoms with Crippen molar-refractivity contribution in [2.75, 3.05) is 13.1 Å². The molecule has 0 radical (unpaired) electrons. The largest absolute Gasteiger partial charge is 0.335 e. The molecule has 1 unspecified atom stereocenters. The number of imide groups is 1. The number of hydrogen-bond acceptors (Lipinski definition) is 4. The van der Waals surface area contributed by atoms with Gasteiger partial charge in [0.1, 0.15) is 0 Å². The minimum atomic E-state index is -0.383. The second-order valence-corrected chi connectivity index (χ2v) is 7.61. The number of nitrogens with zero attached hydrogens (tertiary/aromatic N) is 1. The minimum absolute atomic E-state index is 0. The standard InChI is InChI=1S/C20H30N4O2.ClH/c1-14(19(25)23-20(26)22-16-10-6-3-7-11-16)24-12-17(18(21)13-24)15-8-4-2-5-9-15;/h2,4-5,8-9,14,16-18H,3,6-7,10-13,21H2,1H3,(H2,22,23,25,26);1H/t14?,17-,18+;/m0./s1. The van der Waals surface area contributed by atoms with Crippen molar-refractivity contribution in [3.05, 3.63) is 35.9 Å². The molecule has 3 rings (SSSR count). The van der Waals surface area contributed by atoms with E-state index in [0.717, 1.165) is 32.2 Å². The summed E-state index contributed by atoms with van der Waals surface area (Å²) in [5, 5.41) is 5.43. The number of rotatable bonds is 4. The molecular formula is C20H31ClN4O2. The van der Waals surface area contributed by atoms with Crippen LogP contribution >= 0.6 is 12.4 Å². The fraction of sp³-hybridized carbons (Fsp3) is 0.600. The number of carbonyl (C=O) groups excluding carboxylic acids is 2. The Morgan fingerprint density at radius 2 is 1.78 bits per heavy atom. The summed E-state index contributed by atoms with van der Waals surface area (Å²) in [4.78, 5) is 26.6. The summed E-state index contributed by atoms with van der Waals surface area (Å²) in [6.45, 7) is 3.21. The number of halogens is 1. The Bertz CT molecular complexity index is 622. The Labute approximate surface area is 167 Å². The van der Waals surface area contributed by atoms with Gasteiger partial charge >= 0.3 is 6.03 Å². The van der Waals surface area contributed by atoms with E-state index >= 15 is 0 Å². The van der Waals surface area contributed by atoms with Gasteiger partial charge in [0.15, 0.2) is 0 Å². The number of hydrogen-bond donors (Lipinski definition) is 3. The quantitative estimate of drug-likeness (QED) is 0.731. The summed E-state index contributed by atoms with van der Waals surface area (Å²) in [5.74, 6) is -0.0539. The lowest BCUT2D eigenvalue weighted by atomic mass is 9.95. The normalized spacial score (nSPS) is 24.7. The number of carbonyl (C=O) groups is 2. The second-order valence-electron chi connectivity index (χ2n) is 7.61. The molecule has 2 aliphatic rings. The average Bonchev–Trinajstić information content (AvgIpc) is 3.04. The predicted molar refractivity (Wildman–Crippen MR) is 109 cm³/mol. The Hall–Kier alpha value is -1.63. The van der Waals surface area contributed by atoms with E-state index < -0.39 is 0 Å².